The largest absolute Gasteiger partial charge is 0.497 e. The van der Waals surface area contributed by atoms with Crippen LogP contribution in [0.2, 0.25) is 0 Å². The summed E-state index contributed by atoms with van der Waals surface area (Å²) >= 11 is 0. The fourth-order valence-electron chi connectivity index (χ4n) is 1.95. The quantitative estimate of drug-likeness (QED) is 0.640. The number of rotatable bonds is 10. The van der Waals surface area contributed by atoms with E-state index in [2.05, 4.69) is 22.8 Å². The van der Waals surface area contributed by atoms with Crippen LogP contribution in [0.25, 0.3) is 0 Å². The van der Waals surface area contributed by atoms with Gasteiger partial charge in [0.05, 0.1) is 20.3 Å². The fraction of sp³-hybridized carbons (Fsp3) is 0.562. The van der Waals surface area contributed by atoms with Gasteiger partial charge in [0.25, 0.3) is 0 Å². The smallest absolute Gasteiger partial charge is 0.234 e. The monoisotopic (exact) mass is 294 g/mol. The lowest BCUT2D eigenvalue weighted by Gasteiger charge is -2.14. The van der Waals surface area contributed by atoms with Crippen LogP contribution in [0.1, 0.15) is 18.9 Å². The van der Waals surface area contributed by atoms with Crippen molar-refractivity contribution in [3.63, 3.8) is 0 Å². The molecule has 0 saturated heterocycles. The predicted octanol–water partition coefficient (Wildman–Crippen LogP) is 1.37. The van der Waals surface area contributed by atoms with Crippen molar-refractivity contribution in [2.75, 3.05) is 33.9 Å². The summed E-state index contributed by atoms with van der Waals surface area (Å²) in [6.45, 7) is 3.65. The molecule has 0 saturated carbocycles. The number of nitrogens with one attached hydrogen (secondary N) is 2. The van der Waals surface area contributed by atoms with Crippen LogP contribution in [0.15, 0.2) is 24.3 Å². The van der Waals surface area contributed by atoms with Gasteiger partial charge in [-0.2, -0.15) is 0 Å². The average molecular weight is 294 g/mol. The Morgan fingerprint density at radius 2 is 1.95 bits per heavy atom. The lowest BCUT2D eigenvalue weighted by Crippen LogP contribution is -2.40. The second-order valence-corrected chi connectivity index (χ2v) is 5.02. The highest BCUT2D eigenvalue weighted by atomic mass is 16.5. The van der Waals surface area contributed by atoms with E-state index < -0.39 is 0 Å². The molecule has 2 N–H and O–H groups in total. The number of amides is 1. The molecular formula is C16H26N2O3. The fourth-order valence-corrected chi connectivity index (χ4v) is 1.95. The molecular weight excluding hydrogens is 268 g/mol. The van der Waals surface area contributed by atoms with Crippen molar-refractivity contribution in [3.05, 3.63) is 29.8 Å². The van der Waals surface area contributed by atoms with E-state index in [1.54, 1.807) is 14.2 Å². The molecule has 0 aliphatic heterocycles. The summed E-state index contributed by atoms with van der Waals surface area (Å²) in [6.07, 6.45) is 1.85. The summed E-state index contributed by atoms with van der Waals surface area (Å²) in [7, 11) is 3.30. The molecule has 118 valence electrons. The van der Waals surface area contributed by atoms with Crippen LogP contribution in [-0.4, -0.2) is 45.9 Å². The van der Waals surface area contributed by atoms with Gasteiger partial charge in [0, 0.05) is 19.7 Å². The number of hydrogen-bond donors (Lipinski definition) is 2. The Morgan fingerprint density at radius 3 is 2.57 bits per heavy atom. The van der Waals surface area contributed by atoms with Gasteiger partial charge in [-0.1, -0.05) is 12.1 Å². The van der Waals surface area contributed by atoms with Gasteiger partial charge in [0.2, 0.25) is 5.91 Å². The summed E-state index contributed by atoms with van der Waals surface area (Å²) in [5.74, 6) is 0.885. The van der Waals surface area contributed by atoms with Gasteiger partial charge in [-0.3, -0.25) is 4.79 Å². The Kier molecular flexibility index (Phi) is 8.47. The van der Waals surface area contributed by atoms with Crippen molar-refractivity contribution in [1.29, 1.82) is 0 Å². The zero-order valence-electron chi connectivity index (χ0n) is 13.1. The van der Waals surface area contributed by atoms with E-state index in [-0.39, 0.29) is 11.9 Å². The highest BCUT2D eigenvalue weighted by Gasteiger charge is 2.07. The second kappa shape index (κ2) is 10.2. The van der Waals surface area contributed by atoms with Crippen LogP contribution >= 0.6 is 0 Å². The molecule has 0 radical (unpaired) electrons. The van der Waals surface area contributed by atoms with Gasteiger partial charge in [-0.25, -0.2) is 0 Å². The summed E-state index contributed by atoms with van der Waals surface area (Å²) < 4.78 is 10.0. The van der Waals surface area contributed by atoms with Crippen LogP contribution in [0.3, 0.4) is 0 Å². The molecule has 21 heavy (non-hydrogen) atoms. The highest BCUT2D eigenvalue weighted by Crippen LogP contribution is 2.13. The Hall–Kier alpha value is -1.59. The minimum atomic E-state index is 0.0216. The van der Waals surface area contributed by atoms with Gasteiger partial charge >= 0.3 is 0 Å². The molecule has 0 spiro atoms. The number of carbonyl (C=O) groups is 1. The number of methoxy groups -OCH3 is 2. The number of aryl methyl sites for hydroxylation is 1. The third-order valence-corrected chi connectivity index (χ3v) is 3.20. The van der Waals surface area contributed by atoms with Crippen molar-refractivity contribution in [3.8, 4) is 5.75 Å². The molecule has 5 nitrogen and oxygen atoms in total. The van der Waals surface area contributed by atoms with E-state index in [0.717, 1.165) is 18.6 Å². The molecule has 1 amide bonds. The van der Waals surface area contributed by atoms with Crippen molar-refractivity contribution in [2.24, 2.45) is 0 Å². The average Bonchev–Trinajstić information content (AvgIpc) is 2.50. The molecule has 1 atom stereocenters. The van der Waals surface area contributed by atoms with E-state index in [0.29, 0.717) is 19.7 Å². The minimum absolute atomic E-state index is 0.0216. The summed E-state index contributed by atoms with van der Waals surface area (Å²) in [5, 5.41) is 6.01. The minimum Gasteiger partial charge on any atom is -0.497 e. The predicted molar refractivity (Wildman–Crippen MR) is 83.7 cm³/mol. The molecule has 0 bridgehead atoms. The standard InChI is InChI=1S/C16H26N2O3/c1-13(18-16(19)12-17-10-11-20-2)4-5-14-6-8-15(21-3)9-7-14/h6-9,13,17H,4-5,10-12H2,1-3H3,(H,18,19). The van der Waals surface area contributed by atoms with E-state index in [9.17, 15) is 4.79 Å². The second-order valence-electron chi connectivity index (χ2n) is 5.02. The maximum absolute atomic E-state index is 11.7. The third kappa shape index (κ3) is 7.68. The summed E-state index contributed by atoms with van der Waals surface area (Å²) in [5.41, 5.74) is 1.25. The van der Waals surface area contributed by atoms with Gasteiger partial charge in [-0.05, 0) is 37.5 Å². The van der Waals surface area contributed by atoms with Crippen LogP contribution in [-0.2, 0) is 16.0 Å². The SMILES string of the molecule is COCCNCC(=O)NC(C)CCc1ccc(OC)cc1. The van der Waals surface area contributed by atoms with Crippen LogP contribution < -0.4 is 15.4 Å². The van der Waals surface area contributed by atoms with Gasteiger partial charge < -0.3 is 20.1 Å². The van der Waals surface area contributed by atoms with Crippen molar-refractivity contribution < 1.29 is 14.3 Å². The van der Waals surface area contributed by atoms with Crippen molar-refractivity contribution in [1.82, 2.24) is 10.6 Å². The zero-order valence-corrected chi connectivity index (χ0v) is 13.1. The van der Waals surface area contributed by atoms with E-state index in [4.69, 9.17) is 9.47 Å². The van der Waals surface area contributed by atoms with Crippen LogP contribution in [0, 0.1) is 0 Å². The maximum atomic E-state index is 11.7. The van der Waals surface area contributed by atoms with Crippen LogP contribution in [0.4, 0.5) is 0 Å². The molecule has 0 aliphatic carbocycles. The Bertz CT molecular complexity index is 406. The molecule has 0 heterocycles. The van der Waals surface area contributed by atoms with E-state index in [1.165, 1.54) is 5.56 Å². The Balaban J connectivity index is 2.20. The Labute approximate surface area is 127 Å². The van der Waals surface area contributed by atoms with Crippen molar-refractivity contribution >= 4 is 5.91 Å². The van der Waals surface area contributed by atoms with E-state index in [1.807, 2.05) is 19.1 Å². The maximum Gasteiger partial charge on any atom is 0.234 e. The number of ether oxygens (including phenoxy) is 2. The lowest BCUT2D eigenvalue weighted by molar-refractivity contribution is -0.120. The van der Waals surface area contributed by atoms with Crippen LogP contribution in [0.5, 0.6) is 5.75 Å². The molecule has 1 unspecified atom stereocenters. The third-order valence-electron chi connectivity index (χ3n) is 3.20. The zero-order chi connectivity index (χ0) is 15.5. The van der Waals surface area contributed by atoms with Crippen molar-refractivity contribution in [2.45, 2.75) is 25.8 Å². The van der Waals surface area contributed by atoms with Gasteiger partial charge in [-0.15, -0.1) is 0 Å². The first-order valence-corrected chi connectivity index (χ1v) is 7.27. The molecule has 5 heteroatoms. The Morgan fingerprint density at radius 1 is 1.24 bits per heavy atom. The highest BCUT2D eigenvalue weighted by molar-refractivity contribution is 5.78. The van der Waals surface area contributed by atoms with E-state index >= 15 is 0 Å². The normalized spacial score (nSPS) is 12.0. The number of carbonyl (C=O) groups excluding carboxylic acids is 1. The summed E-state index contributed by atoms with van der Waals surface area (Å²) in [4.78, 5) is 11.7. The van der Waals surface area contributed by atoms with Gasteiger partial charge in [0.15, 0.2) is 0 Å². The first-order chi connectivity index (χ1) is 10.2. The molecule has 0 aliphatic rings. The molecule has 0 aromatic heterocycles. The summed E-state index contributed by atoms with van der Waals surface area (Å²) in [6, 6.07) is 8.18. The lowest BCUT2D eigenvalue weighted by atomic mass is 10.1. The first kappa shape index (κ1) is 17.5. The topological polar surface area (TPSA) is 59.6 Å². The van der Waals surface area contributed by atoms with Gasteiger partial charge in [0.1, 0.15) is 5.75 Å². The first-order valence-electron chi connectivity index (χ1n) is 7.27. The number of benzene rings is 1. The molecule has 0 fully saturated rings. The molecule has 1 rings (SSSR count). The molecule has 1 aromatic carbocycles. The number of hydrogen-bond acceptors (Lipinski definition) is 4. The molecule has 1 aromatic rings.